The number of carbonyl (C=O) groups is 1. The molecule has 7 nitrogen and oxygen atoms in total. The van der Waals surface area contributed by atoms with E-state index in [0.29, 0.717) is 25.2 Å². The van der Waals surface area contributed by atoms with E-state index in [1.807, 2.05) is 38.9 Å². The summed E-state index contributed by atoms with van der Waals surface area (Å²) in [6.45, 7) is 5.11. The molecule has 1 aliphatic rings. The number of anilines is 2. The number of aryl methyl sites for hydroxylation is 1. The van der Waals surface area contributed by atoms with Crippen molar-refractivity contribution in [3.8, 4) is 0 Å². The SMILES string of the molecule is CCN(CC)S(=O)(=O)c1ccc2c(c1)CCCN2C(=O)c1ccc(N(C)C)nc1. The molecule has 0 radical (unpaired) electrons. The normalized spacial score (nSPS) is 14.0. The summed E-state index contributed by atoms with van der Waals surface area (Å²) in [6, 6.07) is 8.67. The van der Waals surface area contributed by atoms with E-state index in [1.165, 1.54) is 4.31 Å². The number of nitrogens with zero attached hydrogens (tertiary/aromatic N) is 4. The summed E-state index contributed by atoms with van der Waals surface area (Å²) >= 11 is 0. The first-order valence-corrected chi connectivity index (χ1v) is 11.3. The molecule has 0 N–H and O–H groups in total. The lowest BCUT2D eigenvalue weighted by molar-refractivity contribution is 0.0984. The number of hydrogen-bond acceptors (Lipinski definition) is 5. The lowest BCUT2D eigenvalue weighted by atomic mass is 10.0. The van der Waals surface area contributed by atoms with Gasteiger partial charge < -0.3 is 9.80 Å². The minimum atomic E-state index is -3.52. The first-order chi connectivity index (χ1) is 13.8. The number of rotatable bonds is 6. The second-order valence-corrected chi connectivity index (χ2v) is 9.18. The van der Waals surface area contributed by atoms with Crippen LogP contribution in [-0.4, -0.2) is 57.3 Å². The lowest BCUT2D eigenvalue weighted by Crippen LogP contribution is -2.36. The summed E-state index contributed by atoms with van der Waals surface area (Å²) in [5.74, 6) is 0.662. The number of benzene rings is 1. The molecule has 0 aliphatic carbocycles. The van der Waals surface area contributed by atoms with E-state index in [4.69, 9.17) is 0 Å². The largest absolute Gasteiger partial charge is 0.363 e. The minimum absolute atomic E-state index is 0.122. The van der Waals surface area contributed by atoms with Gasteiger partial charge in [-0.15, -0.1) is 0 Å². The van der Waals surface area contributed by atoms with Crippen LogP contribution in [-0.2, 0) is 16.4 Å². The van der Waals surface area contributed by atoms with Crippen LogP contribution in [0.3, 0.4) is 0 Å². The van der Waals surface area contributed by atoms with Gasteiger partial charge in [0.05, 0.1) is 10.5 Å². The Hall–Kier alpha value is -2.45. The van der Waals surface area contributed by atoms with E-state index < -0.39 is 10.0 Å². The molecule has 8 heteroatoms. The van der Waals surface area contributed by atoms with E-state index in [2.05, 4.69) is 4.98 Å². The molecule has 3 rings (SSSR count). The van der Waals surface area contributed by atoms with Crippen molar-refractivity contribution in [3.05, 3.63) is 47.7 Å². The Balaban J connectivity index is 1.92. The molecule has 1 aliphatic heterocycles. The van der Waals surface area contributed by atoms with Crippen LogP contribution in [0.1, 0.15) is 36.2 Å². The maximum absolute atomic E-state index is 13.1. The number of fused-ring (bicyclic) bond motifs is 1. The van der Waals surface area contributed by atoms with Crippen molar-refractivity contribution < 1.29 is 13.2 Å². The standard InChI is InChI=1S/C21H28N4O3S/c1-5-24(6-2)29(27,28)18-10-11-19-16(14-18)8-7-13-25(19)21(26)17-9-12-20(22-15-17)23(3)4/h9-12,14-15H,5-8,13H2,1-4H3. The van der Waals surface area contributed by atoms with Crippen molar-refractivity contribution in [2.24, 2.45) is 0 Å². The molecule has 2 aromatic rings. The summed E-state index contributed by atoms with van der Waals surface area (Å²) in [6.07, 6.45) is 3.13. The second kappa shape index (κ2) is 8.51. The summed E-state index contributed by atoms with van der Waals surface area (Å²) in [7, 11) is 0.272. The van der Waals surface area contributed by atoms with Gasteiger partial charge in [-0.25, -0.2) is 13.4 Å². The van der Waals surface area contributed by atoms with Gasteiger partial charge in [-0.2, -0.15) is 4.31 Å². The van der Waals surface area contributed by atoms with Gasteiger partial charge in [0.2, 0.25) is 10.0 Å². The molecule has 0 spiro atoms. The highest BCUT2D eigenvalue weighted by Gasteiger charge is 2.27. The molecule has 1 aromatic heterocycles. The Kier molecular flexibility index (Phi) is 6.24. The van der Waals surface area contributed by atoms with Crippen LogP contribution in [0.4, 0.5) is 11.5 Å². The molecule has 1 aromatic carbocycles. The molecule has 0 bridgehead atoms. The Morgan fingerprint density at radius 3 is 2.45 bits per heavy atom. The third-order valence-corrected chi connectivity index (χ3v) is 7.26. The zero-order valence-corrected chi connectivity index (χ0v) is 18.2. The van der Waals surface area contributed by atoms with Crippen LogP contribution in [0.25, 0.3) is 0 Å². The number of hydrogen-bond donors (Lipinski definition) is 0. The predicted molar refractivity (Wildman–Crippen MR) is 115 cm³/mol. The maximum atomic E-state index is 13.1. The monoisotopic (exact) mass is 416 g/mol. The summed E-state index contributed by atoms with van der Waals surface area (Å²) in [5.41, 5.74) is 2.18. The first-order valence-electron chi connectivity index (χ1n) is 9.88. The second-order valence-electron chi connectivity index (χ2n) is 7.24. The minimum Gasteiger partial charge on any atom is -0.363 e. The zero-order valence-electron chi connectivity index (χ0n) is 17.4. The van der Waals surface area contributed by atoms with Crippen LogP contribution >= 0.6 is 0 Å². The predicted octanol–water partition coefficient (Wildman–Crippen LogP) is 2.77. The summed E-state index contributed by atoms with van der Waals surface area (Å²) < 4.78 is 27.1. The van der Waals surface area contributed by atoms with Gasteiger partial charge in [0.25, 0.3) is 5.91 Å². The molecule has 29 heavy (non-hydrogen) atoms. The van der Waals surface area contributed by atoms with Gasteiger partial charge in [-0.3, -0.25) is 4.79 Å². The fraction of sp³-hybridized carbons (Fsp3) is 0.429. The third kappa shape index (κ3) is 4.13. The van der Waals surface area contributed by atoms with E-state index in [1.54, 1.807) is 35.4 Å². The van der Waals surface area contributed by atoms with E-state index in [-0.39, 0.29) is 10.8 Å². The van der Waals surface area contributed by atoms with E-state index in [0.717, 1.165) is 29.9 Å². The maximum Gasteiger partial charge on any atom is 0.259 e. The third-order valence-electron chi connectivity index (χ3n) is 5.21. The van der Waals surface area contributed by atoms with Crippen LogP contribution in [0, 0.1) is 0 Å². The Morgan fingerprint density at radius 1 is 1.14 bits per heavy atom. The average molecular weight is 417 g/mol. The molecule has 0 saturated carbocycles. The molecular weight excluding hydrogens is 388 g/mol. The van der Waals surface area contributed by atoms with Crippen LogP contribution in [0.15, 0.2) is 41.4 Å². The topological polar surface area (TPSA) is 73.8 Å². The van der Waals surface area contributed by atoms with Gasteiger partial charge >= 0.3 is 0 Å². The summed E-state index contributed by atoms with van der Waals surface area (Å²) in [4.78, 5) is 21.3. The van der Waals surface area contributed by atoms with Gasteiger partial charge in [-0.05, 0) is 48.7 Å². The Morgan fingerprint density at radius 2 is 1.86 bits per heavy atom. The molecule has 156 valence electrons. The highest BCUT2D eigenvalue weighted by Crippen LogP contribution is 2.31. The fourth-order valence-corrected chi connectivity index (χ4v) is 5.10. The van der Waals surface area contributed by atoms with Crippen molar-refractivity contribution in [2.45, 2.75) is 31.6 Å². The van der Waals surface area contributed by atoms with Gasteiger partial charge in [0.1, 0.15) is 5.82 Å². The average Bonchev–Trinajstić information content (AvgIpc) is 2.73. The first kappa shape index (κ1) is 21.3. The molecule has 1 amide bonds. The van der Waals surface area contributed by atoms with Crippen LogP contribution in [0.5, 0.6) is 0 Å². The van der Waals surface area contributed by atoms with Crippen molar-refractivity contribution in [3.63, 3.8) is 0 Å². The van der Waals surface area contributed by atoms with Gasteiger partial charge in [-0.1, -0.05) is 13.8 Å². The number of pyridine rings is 1. The molecule has 2 heterocycles. The van der Waals surface area contributed by atoms with E-state index >= 15 is 0 Å². The number of carbonyl (C=O) groups excluding carboxylic acids is 1. The number of aromatic nitrogens is 1. The Labute approximate surface area is 173 Å². The van der Waals surface area contributed by atoms with Crippen LogP contribution in [0.2, 0.25) is 0 Å². The summed E-state index contributed by atoms with van der Waals surface area (Å²) in [5, 5.41) is 0. The zero-order chi connectivity index (χ0) is 21.2. The van der Waals surface area contributed by atoms with E-state index in [9.17, 15) is 13.2 Å². The molecule has 0 atom stereocenters. The van der Waals surface area contributed by atoms with Crippen molar-refractivity contribution in [2.75, 3.05) is 43.5 Å². The highest BCUT2D eigenvalue weighted by atomic mass is 32.2. The van der Waals surface area contributed by atoms with Crippen molar-refractivity contribution in [1.82, 2.24) is 9.29 Å². The van der Waals surface area contributed by atoms with Gasteiger partial charge in [0, 0.05) is 45.6 Å². The smallest absolute Gasteiger partial charge is 0.259 e. The molecule has 0 saturated heterocycles. The lowest BCUT2D eigenvalue weighted by Gasteiger charge is -2.30. The van der Waals surface area contributed by atoms with Crippen molar-refractivity contribution >= 4 is 27.4 Å². The fourth-order valence-electron chi connectivity index (χ4n) is 3.59. The number of amides is 1. The Bertz CT molecular complexity index is 983. The van der Waals surface area contributed by atoms with Crippen molar-refractivity contribution in [1.29, 1.82) is 0 Å². The molecular formula is C21H28N4O3S. The highest BCUT2D eigenvalue weighted by molar-refractivity contribution is 7.89. The molecule has 0 fully saturated rings. The van der Waals surface area contributed by atoms with Gasteiger partial charge in [0.15, 0.2) is 0 Å². The molecule has 0 unspecified atom stereocenters. The van der Waals surface area contributed by atoms with Crippen LogP contribution < -0.4 is 9.80 Å². The number of sulfonamides is 1. The quantitative estimate of drug-likeness (QED) is 0.724.